The lowest BCUT2D eigenvalue weighted by Gasteiger charge is -2.30. The molecule has 6 heteroatoms. The van der Waals surface area contributed by atoms with Crippen molar-refractivity contribution in [2.45, 2.75) is 63.9 Å². The Morgan fingerprint density at radius 2 is 1.80 bits per heavy atom. The molecule has 30 heavy (non-hydrogen) atoms. The third kappa shape index (κ3) is 3.94. The Kier molecular flexibility index (Phi) is 6.32. The van der Waals surface area contributed by atoms with Gasteiger partial charge in [0, 0.05) is 23.5 Å². The maximum absolute atomic E-state index is 15.3. The van der Waals surface area contributed by atoms with Crippen LogP contribution in [0.1, 0.15) is 67.2 Å². The lowest BCUT2D eigenvalue weighted by atomic mass is 9.88. The molecule has 2 heterocycles. The number of benzene rings is 2. The predicted octanol–water partition coefficient (Wildman–Crippen LogP) is 6.77. The van der Waals surface area contributed by atoms with E-state index in [4.69, 9.17) is 9.47 Å². The van der Waals surface area contributed by atoms with Crippen molar-refractivity contribution in [2.75, 3.05) is 13.3 Å². The topological polar surface area (TPSA) is 18.5 Å². The number of alkyl halides is 1. The highest BCUT2D eigenvalue weighted by Gasteiger charge is 2.31. The van der Waals surface area contributed by atoms with E-state index < -0.39 is 24.1 Å². The molecule has 0 radical (unpaired) electrons. The molecule has 0 aliphatic carbocycles. The minimum atomic E-state index is -1.14. The van der Waals surface area contributed by atoms with Gasteiger partial charge in [-0.3, -0.25) is 4.39 Å². The Balaban J connectivity index is 1.60. The molecule has 4 rings (SSSR count). The molecule has 162 valence electrons. The van der Waals surface area contributed by atoms with Gasteiger partial charge in [-0.15, -0.1) is 0 Å². The number of halogens is 4. The Morgan fingerprint density at radius 3 is 2.50 bits per heavy atom. The highest BCUT2D eigenvalue weighted by Crippen LogP contribution is 2.44. The van der Waals surface area contributed by atoms with Crippen LogP contribution in [-0.4, -0.2) is 19.4 Å². The van der Waals surface area contributed by atoms with Crippen molar-refractivity contribution in [2.24, 2.45) is 0 Å². The fourth-order valence-electron chi connectivity index (χ4n) is 4.49. The maximum Gasteiger partial charge on any atom is 0.201 e. The number of aryl methyl sites for hydroxylation is 1. The zero-order valence-electron chi connectivity index (χ0n) is 17.1. The molecule has 2 nitrogen and oxygen atoms in total. The van der Waals surface area contributed by atoms with Gasteiger partial charge in [0.1, 0.15) is 0 Å². The summed E-state index contributed by atoms with van der Waals surface area (Å²) in [6.45, 7) is 1.95. The van der Waals surface area contributed by atoms with Crippen LogP contribution in [0.5, 0.6) is 11.5 Å². The molecule has 2 aliphatic heterocycles. The molecular formula is C24H26F4O2. The summed E-state index contributed by atoms with van der Waals surface area (Å²) in [5.74, 6) is -3.11. The Hall–Kier alpha value is -2.08. The molecule has 1 saturated heterocycles. The molecule has 0 saturated carbocycles. The van der Waals surface area contributed by atoms with Gasteiger partial charge in [0.2, 0.25) is 5.82 Å². The zero-order valence-corrected chi connectivity index (χ0v) is 17.1. The molecule has 0 N–H and O–H groups in total. The average molecular weight is 422 g/mol. The molecular weight excluding hydrogens is 396 g/mol. The molecule has 0 spiro atoms. The lowest BCUT2D eigenvalue weighted by Crippen LogP contribution is -2.25. The summed E-state index contributed by atoms with van der Waals surface area (Å²) in [6.07, 6.45) is 4.42. The summed E-state index contributed by atoms with van der Waals surface area (Å²) >= 11 is 0. The van der Waals surface area contributed by atoms with Gasteiger partial charge in [0.05, 0.1) is 19.4 Å². The van der Waals surface area contributed by atoms with Gasteiger partial charge < -0.3 is 9.47 Å². The van der Waals surface area contributed by atoms with E-state index in [0.29, 0.717) is 23.3 Å². The van der Waals surface area contributed by atoms with E-state index in [1.807, 2.05) is 0 Å². The molecule has 2 unspecified atom stereocenters. The van der Waals surface area contributed by atoms with Crippen LogP contribution in [0.25, 0.3) is 0 Å². The second kappa shape index (κ2) is 8.96. The van der Waals surface area contributed by atoms with Crippen LogP contribution < -0.4 is 4.74 Å². The van der Waals surface area contributed by atoms with Crippen LogP contribution >= 0.6 is 0 Å². The van der Waals surface area contributed by atoms with Crippen LogP contribution in [0.4, 0.5) is 17.6 Å². The predicted molar refractivity (Wildman–Crippen MR) is 107 cm³/mol. The summed E-state index contributed by atoms with van der Waals surface area (Å²) in [5, 5.41) is 0. The summed E-state index contributed by atoms with van der Waals surface area (Å²) in [5.41, 5.74) is 1.65. The maximum atomic E-state index is 15.3. The van der Waals surface area contributed by atoms with E-state index in [1.165, 1.54) is 6.07 Å². The van der Waals surface area contributed by atoms with Crippen molar-refractivity contribution >= 4 is 0 Å². The molecule has 0 aromatic heterocycles. The molecule has 2 aromatic rings. The van der Waals surface area contributed by atoms with E-state index in [0.717, 1.165) is 25.7 Å². The van der Waals surface area contributed by atoms with E-state index in [-0.39, 0.29) is 48.3 Å². The van der Waals surface area contributed by atoms with E-state index in [2.05, 4.69) is 6.92 Å². The first kappa shape index (κ1) is 21.2. The molecule has 0 amide bonds. The van der Waals surface area contributed by atoms with Crippen molar-refractivity contribution in [3.63, 3.8) is 0 Å². The highest BCUT2D eigenvalue weighted by atomic mass is 19.2. The first-order valence-corrected chi connectivity index (χ1v) is 10.7. The average Bonchev–Trinajstić information content (AvgIpc) is 2.76. The van der Waals surface area contributed by atoms with Gasteiger partial charge in [-0.2, -0.15) is 4.39 Å². The fourth-order valence-corrected chi connectivity index (χ4v) is 4.49. The molecule has 2 aliphatic rings. The second-order valence-electron chi connectivity index (χ2n) is 8.20. The van der Waals surface area contributed by atoms with Crippen LogP contribution in [0.3, 0.4) is 0 Å². The van der Waals surface area contributed by atoms with Crippen LogP contribution in [0.15, 0.2) is 18.2 Å². The SMILES string of the molecule is CCCC1CCC(c2ccc3c(c2F)Oc2c(cc(CCCF)c(F)c2F)C3)CO1. The molecule has 0 bridgehead atoms. The van der Waals surface area contributed by atoms with E-state index in [9.17, 15) is 13.2 Å². The monoisotopic (exact) mass is 422 g/mol. The van der Waals surface area contributed by atoms with Gasteiger partial charge >= 0.3 is 0 Å². The van der Waals surface area contributed by atoms with E-state index in [1.54, 1.807) is 12.1 Å². The van der Waals surface area contributed by atoms with Crippen molar-refractivity contribution in [3.05, 3.63) is 57.9 Å². The zero-order chi connectivity index (χ0) is 21.3. The van der Waals surface area contributed by atoms with Gasteiger partial charge in [0.15, 0.2) is 23.1 Å². The standard InChI is InChI=1S/C24H26F4O2/c1-2-4-18-8-6-16(13-29-18)19-9-7-15-12-17-11-14(5-3-10-25)20(26)22(28)24(17)30-23(15)21(19)27/h7,9,11,16,18H,2-6,8,10,12-13H2,1H3. The van der Waals surface area contributed by atoms with Crippen LogP contribution in [0, 0.1) is 17.5 Å². The van der Waals surface area contributed by atoms with Crippen molar-refractivity contribution in [1.29, 1.82) is 0 Å². The molecule has 2 atom stereocenters. The number of rotatable bonds is 6. The second-order valence-corrected chi connectivity index (χ2v) is 8.20. The summed E-state index contributed by atoms with van der Waals surface area (Å²) in [6, 6.07) is 5.04. The lowest BCUT2D eigenvalue weighted by molar-refractivity contribution is -0.00178. The third-order valence-corrected chi connectivity index (χ3v) is 6.11. The van der Waals surface area contributed by atoms with Crippen LogP contribution in [-0.2, 0) is 17.6 Å². The van der Waals surface area contributed by atoms with Gasteiger partial charge in [-0.1, -0.05) is 25.5 Å². The normalized spacial score (nSPS) is 20.4. The Labute approximate surface area is 174 Å². The van der Waals surface area contributed by atoms with Crippen LogP contribution in [0.2, 0.25) is 0 Å². The highest BCUT2D eigenvalue weighted by molar-refractivity contribution is 5.54. The summed E-state index contributed by atoms with van der Waals surface area (Å²) in [7, 11) is 0. The number of hydrogen-bond acceptors (Lipinski definition) is 2. The molecule has 2 aromatic carbocycles. The number of ether oxygens (including phenoxy) is 2. The first-order valence-electron chi connectivity index (χ1n) is 10.7. The minimum Gasteiger partial charge on any atom is -0.450 e. The number of fused-ring (bicyclic) bond motifs is 2. The quantitative estimate of drug-likeness (QED) is 0.408. The smallest absolute Gasteiger partial charge is 0.201 e. The first-order chi connectivity index (χ1) is 14.5. The summed E-state index contributed by atoms with van der Waals surface area (Å²) in [4.78, 5) is 0. The van der Waals surface area contributed by atoms with Crippen molar-refractivity contribution in [3.8, 4) is 11.5 Å². The minimum absolute atomic E-state index is 0.0366. The van der Waals surface area contributed by atoms with E-state index >= 15 is 4.39 Å². The summed E-state index contributed by atoms with van der Waals surface area (Å²) < 4.78 is 68.2. The van der Waals surface area contributed by atoms with Crippen molar-refractivity contribution in [1.82, 2.24) is 0 Å². The van der Waals surface area contributed by atoms with Gasteiger partial charge in [-0.25, -0.2) is 8.78 Å². The van der Waals surface area contributed by atoms with Gasteiger partial charge in [-0.05, 0) is 49.3 Å². The van der Waals surface area contributed by atoms with Gasteiger partial charge in [0.25, 0.3) is 0 Å². The van der Waals surface area contributed by atoms with Crippen molar-refractivity contribution < 1.29 is 27.0 Å². The Bertz CT molecular complexity index is 920. The Morgan fingerprint density at radius 1 is 1.00 bits per heavy atom. The fraction of sp³-hybridized carbons (Fsp3) is 0.500. The molecule has 1 fully saturated rings. The largest absolute Gasteiger partial charge is 0.450 e. The number of hydrogen-bond donors (Lipinski definition) is 0. The third-order valence-electron chi connectivity index (χ3n) is 6.11.